The molecule has 0 atom stereocenters. The molecule has 3 aromatic rings. The molecule has 3 rings (SSSR count). The zero-order valence-corrected chi connectivity index (χ0v) is 17.2. The number of hydrogen-bond donors (Lipinski definition) is 2. The summed E-state index contributed by atoms with van der Waals surface area (Å²) in [4.78, 5) is 11.4. The Kier molecular flexibility index (Phi) is 6.42. The van der Waals surface area contributed by atoms with E-state index in [0.717, 1.165) is 36.4 Å². The molecule has 2 N–H and O–H groups in total. The number of nitrogens with one attached hydrogen (secondary N) is 2. The van der Waals surface area contributed by atoms with Crippen LogP contribution in [0.3, 0.4) is 0 Å². The number of amides is 1. The number of carbonyl (C=O) groups is 1. The second-order valence-corrected chi connectivity index (χ2v) is 8.49. The largest absolute Gasteiger partial charge is 0.418 e. The molecule has 0 spiro atoms. The van der Waals surface area contributed by atoms with Crippen LogP contribution in [-0.2, 0) is 16.2 Å². The molecular formula is C20H12ClF5N2O3S. The van der Waals surface area contributed by atoms with Crippen LogP contribution in [-0.4, -0.2) is 14.3 Å². The van der Waals surface area contributed by atoms with Crippen molar-refractivity contribution in [3.05, 3.63) is 88.4 Å². The molecule has 5 nitrogen and oxygen atoms in total. The Bertz CT molecular complexity index is 1300. The normalized spacial score (nSPS) is 11.8. The predicted molar refractivity (Wildman–Crippen MR) is 108 cm³/mol. The van der Waals surface area contributed by atoms with E-state index in [9.17, 15) is 35.2 Å². The third-order valence-electron chi connectivity index (χ3n) is 4.15. The molecule has 1 amide bonds. The van der Waals surface area contributed by atoms with E-state index in [4.69, 9.17) is 11.6 Å². The molecule has 0 aromatic heterocycles. The van der Waals surface area contributed by atoms with Crippen LogP contribution in [0.25, 0.3) is 0 Å². The summed E-state index contributed by atoms with van der Waals surface area (Å²) in [6.07, 6.45) is -4.91. The van der Waals surface area contributed by atoms with Gasteiger partial charge in [-0.3, -0.25) is 9.52 Å². The fraction of sp³-hybridized carbons (Fsp3) is 0.0500. The summed E-state index contributed by atoms with van der Waals surface area (Å²) in [5.41, 5.74) is -2.96. The highest BCUT2D eigenvalue weighted by molar-refractivity contribution is 7.92. The molecule has 0 aliphatic carbocycles. The van der Waals surface area contributed by atoms with Crippen LogP contribution in [0.4, 0.5) is 33.3 Å². The van der Waals surface area contributed by atoms with Gasteiger partial charge in [0.05, 0.1) is 27.4 Å². The SMILES string of the molecule is O=C(Nc1ccc(S(=O)(=O)Nc2ccc(Cl)cc2C(F)(F)F)cc1F)c1ccccc1F. The summed E-state index contributed by atoms with van der Waals surface area (Å²) in [6.45, 7) is 0. The van der Waals surface area contributed by atoms with Crippen molar-refractivity contribution in [2.45, 2.75) is 11.1 Å². The maximum Gasteiger partial charge on any atom is 0.418 e. The predicted octanol–water partition coefficient (Wildman–Crippen LogP) is 5.69. The minimum Gasteiger partial charge on any atom is -0.319 e. The molecule has 0 unspecified atom stereocenters. The summed E-state index contributed by atoms with van der Waals surface area (Å²) in [7, 11) is -4.64. The van der Waals surface area contributed by atoms with Crippen molar-refractivity contribution in [3.63, 3.8) is 0 Å². The lowest BCUT2D eigenvalue weighted by atomic mass is 10.2. The van der Waals surface area contributed by atoms with Crippen LogP contribution in [0.1, 0.15) is 15.9 Å². The Hall–Kier alpha value is -3.18. The van der Waals surface area contributed by atoms with Crippen molar-refractivity contribution < 1.29 is 35.2 Å². The molecule has 0 aliphatic heterocycles. The van der Waals surface area contributed by atoms with E-state index in [1.807, 2.05) is 0 Å². The maximum atomic E-state index is 14.4. The van der Waals surface area contributed by atoms with E-state index in [-0.39, 0.29) is 10.6 Å². The van der Waals surface area contributed by atoms with Crippen molar-refractivity contribution >= 4 is 38.9 Å². The van der Waals surface area contributed by atoms with Crippen LogP contribution < -0.4 is 10.0 Å². The van der Waals surface area contributed by atoms with Crippen molar-refractivity contribution in [1.82, 2.24) is 0 Å². The average molecular weight is 491 g/mol. The van der Waals surface area contributed by atoms with Crippen LogP contribution in [0.5, 0.6) is 0 Å². The summed E-state index contributed by atoms with van der Waals surface area (Å²) in [5, 5.41) is 1.84. The zero-order chi connectivity index (χ0) is 23.7. The van der Waals surface area contributed by atoms with Gasteiger partial charge >= 0.3 is 6.18 Å². The van der Waals surface area contributed by atoms with Crippen LogP contribution in [0, 0.1) is 11.6 Å². The third-order valence-corrected chi connectivity index (χ3v) is 5.75. The molecule has 0 saturated heterocycles. The van der Waals surface area contributed by atoms with Gasteiger partial charge in [-0.15, -0.1) is 0 Å². The topological polar surface area (TPSA) is 75.3 Å². The van der Waals surface area contributed by atoms with Crippen molar-refractivity contribution in [1.29, 1.82) is 0 Å². The van der Waals surface area contributed by atoms with E-state index in [0.29, 0.717) is 12.1 Å². The number of benzene rings is 3. The first kappa shape index (κ1) is 23.5. The molecule has 168 valence electrons. The Balaban J connectivity index is 1.87. The summed E-state index contributed by atoms with van der Waals surface area (Å²) in [5.74, 6) is -3.03. The second-order valence-electron chi connectivity index (χ2n) is 6.37. The molecule has 0 radical (unpaired) electrons. The first-order valence-electron chi connectivity index (χ1n) is 8.63. The molecule has 0 aliphatic rings. The lowest BCUT2D eigenvalue weighted by Gasteiger charge is -2.15. The number of alkyl halides is 3. The maximum absolute atomic E-state index is 14.4. The summed E-state index contributed by atoms with van der Waals surface area (Å²) >= 11 is 5.56. The molecule has 32 heavy (non-hydrogen) atoms. The molecule has 3 aromatic carbocycles. The first-order valence-corrected chi connectivity index (χ1v) is 10.5. The van der Waals surface area contributed by atoms with Crippen LogP contribution in [0.15, 0.2) is 65.6 Å². The number of rotatable bonds is 5. The monoisotopic (exact) mass is 490 g/mol. The quantitative estimate of drug-likeness (QED) is 0.451. The van der Waals surface area contributed by atoms with Gasteiger partial charge in [-0.1, -0.05) is 23.7 Å². The Morgan fingerprint density at radius 2 is 1.53 bits per heavy atom. The van der Waals surface area contributed by atoms with Gasteiger partial charge in [0.15, 0.2) is 0 Å². The Morgan fingerprint density at radius 3 is 2.16 bits per heavy atom. The molecule has 0 saturated carbocycles. The van der Waals surface area contributed by atoms with Gasteiger partial charge in [-0.05, 0) is 48.5 Å². The fourth-order valence-electron chi connectivity index (χ4n) is 2.64. The lowest BCUT2D eigenvalue weighted by molar-refractivity contribution is -0.136. The summed E-state index contributed by atoms with van der Waals surface area (Å²) in [6, 6.07) is 9.60. The van der Waals surface area contributed by atoms with Crippen molar-refractivity contribution in [3.8, 4) is 0 Å². The zero-order valence-electron chi connectivity index (χ0n) is 15.7. The molecule has 12 heteroatoms. The van der Waals surface area contributed by atoms with Crippen LogP contribution >= 0.6 is 11.6 Å². The van der Waals surface area contributed by atoms with Gasteiger partial charge in [-0.25, -0.2) is 17.2 Å². The van der Waals surface area contributed by atoms with Gasteiger partial charge in [0.1, 0.15) is 11.6 Å². The second kappa shape index (κ2) is 8.75. The average Bonchev–Trinajstić information content (AvgIpc) is 2.70. The van der Waals surface area contributed by atoms with Crippen LogP contribution in [0.2, 0.25) is 5.02 Å². The van der Waals surface area contributed by atoms with E-state index >= 15 is 0 Å². The fourth-order valence-corrected chi connectivity index (χ4v) is 3.91. The molecule has 0 bridgehead atoms. The van der Waals surface area contributed by atoms with E-state index < -0.39 is 55.6 Å². The minimum atomic E-state index is -4.91. The number of hydrogen-bond acceptors (Lipinski definition) is 3. The number of halogens is 6. The first-order chi connectivity index (χ1) is 14.9. The van der Waals surface area contributed by atoms with Gasteiger partial charge < -0.3 is 5.32 Å². The Morgan fingerprint density at radius 1 is 0.875 bits per heavy atom. The molecule has 0 heterocycles. The Labute approximate surface area is 183 Å². The summed E-state index contributed by atoms with van der Waals surface area (Å²) < 4.78 is 94.4. The highest BCUT2D eigenvalue weighted by Gasteiger charge is 2.35. The van der Waals surface area contributed by atoms with E-state index in [1.165, 1.54) is 12.1 Å². The molecular weight excluding hydrogens is 479 g/mol. The van der Waals surface area contributed by atoms with Gasteiger partial charge in [0.2, 0.25) is 0 Å². The van der Waals surface area contributed by atoms with Crippen molar-refractivity contribution in [2.75, 3.05) is 10.0 Å². The lowest BCUT2D eigenvalue weighted by Crippen LogP contribution is -2.18. The number of sulfonamides is 1. The van der Waals surface area contributed by atoms with Gasteiger partial charge in [0, 0.05) is 5.02 Å². The highest BCUT2D eigenvalue weighted by Crippen LogP contribution is 2.37. The van der Waals surface area contributed by atoms with Gasteiger partial charge in [-0.2, -0.15) is 13.2 Å². The molecule has 0 fully saturated rings. The number of anilines is 2. The third kappa shape index (κ3) is 5.17. The van der Waals surface area contributed by atoms with Gasteiger partial charge in [0.25, 0.3) is 15.9 Å². The van der Waals surface area contributed by atoms with Crippen molar-refractivity contribution in [2.24, 2.45) is 0 Å². The van der Waals surface area contributed by atoms with E-state index in [1.54, 1.807) is 4.72 Å². The minimum absolute atomic E-state index is 0.263. The smallest absolute Gasteiger partial charge is 0.319 e. The van der Waals surface area contributed by atoms with E-state index in [2.05, 4.69) is 5.32 Å². The number of carbonyl (C=O) groups excluding carboxylic acids is 1. The highest BCUT2D eigenvalue weighted by atomic mass is 35.5. The standard InChI is InChI=1S/C20H12ClF5N2O3S/c21-11-5-7-17(14(9-11)20(24,25)26)28-32(30,31)12-6-8-18(16(23)10-12)27-19(29)13-3-1-2-4-15(13)22/h1-10,28H,(H,27,29).